The maximum atomic E-state index is 14.7. The number of aromatic nitrogens is 1. The molecular formula is C17H22F2N2Si2. The van der Waals surface area contributed by atoms with E-state index in [4.69, 9.17) is 0 Å². The average Bonchev–Trinajstić information content (AvgIpc) is 2.67. The van der Waals surface area contributed by atoms with Crippen LogP contribution in [-0.2, 0) is 0 Å². The molecule has 0 amide bonds. The van der Waals surface area contributed by atoms with Crippen LogP contribution in [0, 0.1) is 11.6 Å². The predicted octanol–water partition coefficient (Wildman–Crippen LogP) is 5.26. The first-order valence-electron chi connectivity index (χ1n) is 7.92. The summed E-state index contributed by atoms with van der Waals surface area (Å²) >= 11 is 0. The Morgan fingerprint density at radius 2 is 1.57 bits per heavy atom. The minimum atomic E-state index is -1.64. The molecular weight excluding hydrogens is 326 g/mol. The number of anilines is 1. The normalized spacial score (nSPS) is 19.1. The van der Waals surface area contributed by atoms with Crippen molar-refractivity contribution in [2.45, 2.75) is 38.3 Å². The van der Waals surface area contributed by atoms with Gasteiger partial charge in [-0.2, -0.15) is 0 Å². The van der Waals surface area contributed by atoms with Gasteiger partial charge in [-0.25, -0.2) is 8.78 Å². The standard InChI is InChI=1S/C17H22F2N2Si2/c1-22(2)8-9-23(3,4)21(22)14-10-15(18)17(16(19)11-14)13-6-5-7-20-12-13/h5-7,10-12H,8-9H2,1-4H3. The summed E-state index contributed by atoms with van der Waals surface area (Å²) in [6.45, 7) is 9.17. The Kier molecular flexibility index (Phi) is 3.92. The van der Waals surface area contributed by atoms with Crippen LogP contribution in [0.5, 0.6) is 0 Å². The lowest BCUT2D eigenvalue weighted by atomic mass is 10.1. The van der Waals surface area contributed by atoms with Crippen molar-refractivity contribution in [3.05, 3.63) is 48.3 Å². The van der Waals surface area contributed by atoms with E-state index in [1.54, 1.807) is 18.3 Å². The van der Waals surface area contributed by atoms with Gasteiger partial charge in [0.25, 0.3) is 0 Å². The molecule has 1 aliphatic heterocycles. The minimum Gasteiger partial charge on any atom is -0.424 e. The van der Waals surface area contributed by atoms with E-state index in [0.717, 1.165) is 5.69 Å². The van der Waals surface area contributed by atoms with E-state index in [1.807, 2.05) is 0 Å². The summed E-state index contributed by atoms with van der Waals surface area (Å²) in [7, 11) is -3.28. The van der Waals surface area contributed by atoms with Crippen molar-refractivity contribution in [1.82, 2.24) is 4.98 Å². The zero-order valence-corrected chi connectivity index (χ0v) is 16.0. The Balaban J connectivity index is 2.11. The van der Waals surface area contributed by atoms with E-state index in [2.05, 4.69) is 35.4 Å². The third-order valence-corrected chi connectivity index (χ3v) is 14.8. The first-order chi connectivity index (χ1) is 10.7. The monoisotopic (exact) mass is 348 g/mol. The lowest BCUT2D eigenvalue weighted by Gasteiger charge is -2.41. The Morgan fingerprint density at radius 3 is 2.04 bits per heavy atom. The number of benzene rings is 1. The van der Waals surface area contributed by atoms with Gasteiger partial charge < -0.3 is 4.23 Å². The lowest BCUT2D eigenvalue weighted by Crippen LogP contribution is -2.55. The van der Waals surface area contributed by atoms with Gasteiger partial charge >= 0.3 is 0 Å². The first-order valence-corrected chi connectivity index (χ1v) is 14.2. The fraction of sp³-hybridized carbons (Fsp3) is 0.353. The summed E-state index contributed by atoms with van der Waals surface area (Å²) in [6.07, 6.45) is 3.09. The predicted molar refractivity (Wildman–Crippen MR) is 96.6 cm³/mol. The maximum Gasteiger partial charge on any atom is 0.141 e. The molecule has 2 aromatic rings. The third-order valence-electron chi connectivity index (χ3n) is 4.79. The van der Waals surface area contributed by atoms with Crippen LogP contribution in [0.3, 0.4) is 0 Å². The van der Waals surface area contributed by atoms with Crippen LogP contribution in [0.4, 0.5) is 14.5 Å². The topological polar surface area (TPSA) is 16.1 Å². The Labute approximate surface area is 138 Å². The second-order valence-corrected chi connectivity index (χ2v) is 17.1. The molecule has 1 aromatic heterocycles. The summed E-state index contributed by atoms with van der Waals surface area (Å²) in [4.78, 5) is 3.96. The molecule has 0 unspecified atom stereocenters. The highest BCUT2D eigenvalue weighted by Gasteiger charge is 2.47. The molecule has 0 N–H and O–H groups in total. The van der Waals surface area contributed by atoms with Gasteiger partial charge in [-0.15, -0.1) is 0 Å². The summed E-state index contributed by atoms with van der Waals surface area (Å²) in [6, 6.07) is 8.79. The SMILES string of the molecule is C[Si]1(C)CC[Si](C)(C)N1c1cc(F)c(-c2cccnc2)c(F)c1. The van der Waals surface area contributed by atoms with Gasteiger partial charge in [0.05, 0.1) is 5.56 Å². The lowest BCUT2D eigenvalue weighted by molar-refractivity contribution is 0.590. The molecule has 1 aromatic carbocycles. The molecule has 0 spiro atoms. The molecule has 0 aliphatic carbocycles. The number of halogens is 2. The third kappa shape index (κ3) is 2.85. The number of hydrogen-bond donors (Lipinski definition) is 0. The largest absolute Gasteiger partial charge is 0.424 e. The second kappa shape index (κ2) is 5.52. The molecule has 0 radical (unpaired) electrons. The van der Waals surface area contributed by atoms with Crippen molar-refractivity contribution >= 4 is 22.2 Å². The van der Waals surface area contributed by atoms with E-state index in [9.17, 15) is 8.78 Å². The summed E-state index contributed by atoms with van der Waals surface area (Å²) in [5.41, 5.74) is 1.21. The molecule has 122 valence electrons. The molecule has 1 aliphatic rings. The molecule has 0 atom stereocenters. The molecule has 1 fully saturated rings. The number of hydrogen-bond acceptors (Lipinski definition) is 2. The fourth-order valence-corrected chi connectivity index (χ4v) is 18.1. The van der Waals surface area contributed by atoms with Crippen LogP contribution in [0.2, 0.25) is 38.3 Å². The van der Waals surface area contributed by atoms with Gasteiger partial charge in [0.15, 0.2) is 0 Å². The fourth-order valence-electron chi connectivity index (χ4n) is 3.83. The number of pyridine rings is 1. The van der Waals surface area contributed by atoms with Crippen LogP contribution < -0.4 is 4.23 Å². The average molecular weight is 349 g/mol. The molecule has 2 nitrogen and oxygen atoms in total. The van der Waals surface area contributed by atoms with Crippen molar-refractivity contribution < 1.29 is 8.78 Å². The van der Waals surface area contributed by atoms with E-state index in [0.29, 0.717) is 5.56 Å². The van der Waals surface area contributed by atoms with Crippen molar-refractivity contribution in [2.24, 2.45) is 0 Å². The van der Waals surface area contributed by atoms with E-state index in [1.165, 1.54) is 30.4 Å². The molecule has 0 saturated carbocycles. The van der Waals surface area contributed by atoms with Crippen LogP contribution in [-0.4, -0.2) is 21.5 Å². The Morgan fingerprint density at radius 1 is 1.00 bits per heavy atom. The van der Waals surface area contributed by atoms with Gasteiger partial charge in [-0.3, -0.25) is 4.98 Å². The maximum absolute atomic E-state index is 14.7. The number of nitrogens with zero attached hydrogens (tertiary/aromatic N) is 2. The second-order valence-electron chi connectivity index (χ2n) is 7.49. The molecule has 1 saturated heterocycles. The summed E-state index contributed by atoms with van der Waals surface area (Å²) in [5.74, 6) is -1.01. The highest BCUT2D eigenvalue weighted by atomic mass is 28.4. The summed E-state index contributed by atoms with van der Waals surface area (Å²) in [5, 5.41) is 0. The molecule has 6 heteroatoms. The van der Waals surface area contributed by atoms with E-state index < -0.39 is 28.1 Å². The van der Waals surface area contributed by atoms with Crippen LogP contribution in [0.15, 0.2) is 36.7 Å². The van der Waals surface area contributed by atoms with Crippen LogP contribution in [0.25, 0.3) is 11.1 Å². The van der Waals surface area contributed by atoms with Crippen molar-refractivity contribution in [3.63, 3.8) is 0 Å². The Bertz CT molecular complexity index is 694. The van der Waals surface area contributed by atoms with Crippen molar-refractivity contribution in [1.29, 1.82) is 0 Å². The van der Waals surface area contributed by atoms with Gasteiger partial charge in [0.1, 0.15) is 28.1 Å². The van der Waals surface area contributed by atoms with E-state index >= 15 is 0 Å². The Hall–Kier alpha value is -1.54. The highest BCUT2D eigenvalue weighted by molar-refractivity contribution is 7.04. The molecule has 2 heterocycles. The summed E-state index contributed by atoms with van der Waals surface area (Å²) < 4.78 is 31.8. The molecule has 3 rings (SSSR count). The van der Waals surface area contributed by atoms with Crippen molar-refractivity contribution in [2.75, 3.05) is 4.23 Å². The first kappa shape index (κ1) is 16.3. The number of rotatable bonds is 2. The quantitative estimate of drug-likeness (QED) is 0.689. The zero-order chi connectivity index (χ0) is 16.8. The van der Waals surface area contributed by atoms with Gasteiger partial charge in [0, 0.05) is 23.6 Å². The van der Waals surface area contributed by atoms with Crippen LogP contribution in [0.1, 0.15) is 0 Å². The smallest absolute Gasteiger partial charge is 0.141 e. The van der Waals surface area contributed by atoms with Gasteiger partial charge in [-0.05, 0) is 30.3 Å². The minimum absolute atomic E-state index is 0.0139. The highest BCUT2D eigenvalue weighted by Crippen LogP contribution is 2.42. The van der Waals surface area contributed by atoms with Gasteiger partial charge in [-0.1, -0.05) is 32.3 Å². The molecule has 23 heavy (non-hydrogen) atoms. The van der Waals surface area contributed by atoms with Crippen molar-refractivity contribution in [3.8, 4) is 11.1 Å². The van der Waals surface area contributed by atoms with Crippen LogP contribution >= 0.6 is 0 Å². The zero-order valence-electron chi connectivity index (χ0n) is 14.0. The van der Waals surface area contributed by atoms with E-state index in [-0.39, 0.29) is 5.56 Å². The molecule has 0 bridgehead atoms. The van der Waals surface area contributed by atoms with Gasteiger partial charge in [0.2, 0.25) is 0 Å².